The van der Waals surface area contributed by atoms with Crippen molar-refractivity contribution in [1.29, 1.82) is 0 Å². The lowest BCUT2D eigenvalue weighted by Gasteiger charge is -2.22. The van der Waals surface area contributed by atoms with E-state index in [0.29, 0.717) is 4.90 Å². The molecule has 5 amide bonds. The molecule has 1 unspecified atom stereocenters. The Bertz CT molecular complexity index is 1010. The lowest BCUT2D eigenvalue weighted by molar-refractivity contribution is -0.133. The lowest BCUT2D eigenvalue weighted by Crippen LogP contribution is -2.42. The molecule has 1 saturated heterocycles. The zero-order chi connectivity index (χ0) is 20.6. The molecule has 4 N–H and O–H groups in total. The van der Waals surface area contributed by atoms with Gasteiger partial charge in [-0.1, -0.05) is 6.07 Å². The van der Waals surface area contributed by atoms with Crippen molar-refractivity contribution >= 4 is 40.1 Å². The second-order valence-corrected chi connectivity index (χ2v) is 7.07. The molecule has 1 aliphatic heterocycles. The van der Waals surface area contributed by atoms with Crippen molar-refractivity contribution < 1.29 is 28.0 Å². The molecule has 1 aliphatic rings. The number of hydrogen-bond acceptors (Lipinski definition) is 5. The maximum absolute atomic E-state index is 13.5. The summed E-state index contributed by atoms with van der Waals surface area (Å²) in [6.07, 6.45) is 0. The first kappa shape index (κ1) is 19.4. The van der Waals surface area contributed by atoms with E-state index in [2.05, 4.69) is 10.6 Å². The Hall–Kier alpha value is -3.34. The van der Waals surface area contributed by atoms with Crippen LogP contribution in [-0.2, 0) is 15.1 Å². The largest absolute Gasteiger partial charge is 0.366 e. The van der Waals surface area contributed by atoms with E-state index >= 15 is 0 Å². The number of primary amides is 1. The van der Waals surface area contributed by atoms with Gasteiger partial charge in [-0.2, -0.15) is 0 Å². The monoisotopic (exact) mass is 408 g/mol. The van der Waals surface area contributed by atoms with Crippen LogP contribution in [0, 0.1) is 11.6 Å². The van der Waals surface area contributed by atoms with E-state index in [1.807, 2.05) is 0 Å². The summed E-state index contributed by atoms with van der Waals surface area (Å²) < 4.78 is 26.7. The van der Waals surface area contributed by atoms with Crippen LogP contribution in [-0.4, -0.2) is 35.2 Å². The number of rotatable bonds is 5. The van der Waals surface area contributed by atoms with Gasteiger partial charge in [0.25, 0.3) is 11.8 Å². The number of nitrogens with zero attached hydrogens (tertiary/aromatic N) is 1. The molecule has 0 radical (unpaired) electrons. The normalized spacial score (nSPS) is 18.9. The molecule has 11 heteroatoms. The number of carbonyl (C=O) groups excluding carboxylic acids is 4. The highest BCUT2D eigenvalue weighted by Crippen LogP contribution is 2.30. The van der Waals surface area contributed by atoms with Gasteiger partial charge in [-0.3, -0.25) is 19.3 Å². The molecule has 146 valence electrons. The van der Waals surface area contributed by atoms with Crippen LogP contribution in [0.25, 0.3) is 0 Å². The molecule has 2 aromatic rings. The third-order valence-electron chi connectivity index (χ3n) is 4.26. The Kier molecular flexibility index (Phi) is 4.86. The van der Waals surface area contributed by atoms with Crippen LogP contribution in [0.4, 0.5) is 18.6 Å². The first-order valence-corrected chi connectivity index (χ1v) is 8.78. The number of nitrogens with one attached hydrogen (secondary N) is 2. The fourth-order valence-corrected chi connectivity index (χ4v) is 3.56. The third-order valence-corrected chi connectivity index (χ3v) is 5.09. The van der Waals surface area contributed by atoms with Crippen molar-refractivity contribution in [2.45, 2.75) is 12.5 Å². The van der Waals surface area contributed by atoms with Crippen molar-refractivity contribution in [3.05, 3.63) is 52.4 Å². The van der Waals surface area contributed by atoms with E-state index in [1.54, 1.807) is 5.38 Å². The Balaban J connectivity index is 1.78. The quantitative estimate of drug-likeness (QED) is 0.650. The van der Waals surface area contributed by atoms with Crippen molar-refractivity contribution in [3.8, 4) is 0 Å². The maximum atomic E-state index is 13.5. The lowest BCUT2D eigenvalue weighted by atomic mass is 9.92. The van der Waals surface area contributed by atoms with Crippen LogP contribution in [0.2, 0.25) is 0 Å². The van der Waals surface area contributed by atoms with Gasteiger partial charge in [0.15, 0.2) is 11.6 Å². The van der Waals surface area contributed by atoms with Crippen LogP contribution in [0.15, 0.2) is 29.6 Å². The molecule has 1 aromatic heterocycles. The van der Waals surface area contributed by atoms with Crippen LogP contribution < -0.4 is 16.4 Å². The molecule has 1 atom stereocenters. The first-order chi connectivity index (χ1) is 13.1. The molecule has 1 fully saturated rings. The maximum Gasteiger partial charge on any atom is 0.325 e. The van der Waals surface area contributed by atoms with E-state index in [1.165, 1.54) is 19.1 Å². The van der Waals surface area contributed by atoms with E-state index in [9.17, 15) is 28.0 Å². The summed E-state index contributed by atoms with van der Waals surface area (Å²) in [7, 11) is 0. The zero-order valence-corrected chi connectivity index (χ0v) is 15.2. The van der Waals surface area contributed by atoms with Gasteiger partial charge in [-0.25, -0.2) is 13.6 Å². The predicted octanol–water partition coefficient (Wildman–Crippen LogP) is 1.53. The highest BCUT2D eigenvalue weighted by Gasteiger charge is 2.49. The molecular formula is C17H14F2N4O4S. The number of nitrogens with two attached hydrogens (primary N) is 1. The molecule has 0 aliphatic carbocycles. The smallest absolute Gasteiger partial charge is 0.325 e. The average molecular weight is 408 g/mol. The first-order valence-electron chi connectivity index (χ1n) is 7.90. The molecule has 0 bridgehead atoms. The Morgan fingerprint density at radius 2 is 1.96 bits per heavy atom. The summed E-state index contributed by atoms with van der Waals surface area (Å²) in [6, 6.07) is 3.38. The van der Waals surface area contributed by atoms with Gasteiger partial charge in [-0.05, 0) is 36.1 Å². The van der Waals surface area contributed by atoms with Gasteiger partial charge in [0.1, 0.15) is 17.1 Å². The van der Waals surface area contributed by atoms with Crippen LogP contribution >= 0.6 is 11.3 Å². The number of carbonyl (C=O) groups is 4. The molecule has 1 aromatic carbocycles. The summed E-state index contributed by atoms with van der Waals surface area (Å²) in [5.74, 6) is -4.55. The van der Waals surface area contributed by atoms with Crippen LogP contribution in [0.5, 0.6) is 0 Å². The van der Waals surface area contributed by atoms with Crippen LogP contribution in [0.3, 0.4) is 0 Å². The Morgan fingerprint density at radius 3 is 2.61 bits per heavy atom. The second-order valence-electron chi connectivity index (χ2n) is 6.15. The van der Waals surface area contributed by atoms with Crippen LogP contribution in [0.1, 0.15) is 22.8 Å². The van der Waals surface area contributed by atoms with E-state index in [-0.39, 0.29) is 16.1 Å². The predicted molar refractivity (Wildman–Crippen MR) is 95.4 cm³/mol. The average Bonchev–Trinajstić information content (AvgIpc) is 3.16. The summed E-state index contributed by atoms with van der Waals surface area (Å²) in [5.41, 5.74) is 3.66. The summed E-state index contributed by atoms with van der Waals surface area (Å²) >= 11 is 1.05. The minimum Gasteiger partial charge on any atom is -0.366 e. The second kappa shape index (κ2) is 7.00. The SMILES string of the molecule is CC1(c2ccc(F)c(F)c2)NC(=O)N(CC(=O)Nc2sccc2C(N)=O)C1=O. The number of amides is 5. The molecule has 2 heterocycles. The van der Waals surface area contributed by atoms with Crippen molar-refractivity contribution in [2.24, 2.45) is 5.73 Å². The van der Waals surface area contributed by atoms with Gasteiger partial charge < -0.3 is 16.4 Å². The van der Waals surface area contributed by atoms with E-state index < -0.39 is 47.5 Å². The fraction of sp³-hybridized carbons (Fsp3) is 0.176. The molecule has 0 saturated carbocycles. The highest BCUT2D eigenvalue weighted by molar-refractivity contribution is 7.14. The molecule has 0 spiro atoms. The Morgan fingerprint density at radius 1 is 1.25 bits per heavy atom. The summed E-state index contributed by atoms with van der Waals surface area (Å²) in [6.45, 7) is 0.683. The number of thiophene rings is 1. The van der Waals surface area contributed by atoms with Gasteiger partial charge in [0, 0.05) is 0 Å². The molecule has 28 heavy (non-hydrogen) atoms. The van der Waals surface area contributed by atoms with E-state index in [0.717, 1.165) is 23.5 Å². The van der Waals surface area contributed by atoms with Crippen molar-refractivity contribution in [2.75, 3.05) is 11.9 Å². The fourth-order valence-electron chi connectivity index (χ4n) is 2.75. The number of anilines is 1. The van der Waals surface area contributed by atoms with Gasteiger partial charge in [0.05, 0.1) is 5.56 Å². The molecular weight excluding hydrogens is 394 g/mol. The number of hydrogen-bond donors (Lipinski definition) is 3. The van der Waals surface area contributed by atoms with Crippen molar-refractivity contribution in [1.82, 2.24) is 10.2 Å². The van der Waals surface area contributed by atoms with E-state index in [4.69, 9.17) is 5.73 Å². The van der Waals surface area contributed by atoms with Gasteiger partial charge in [0.2, 0.25) is 5.91 Å². The zero-order valence-electron chi connectivity index (χ0n) is 14.4. The topological polar surface area (TPSA) is 122 Å². The minimum absolute atomic E-state index is 0.0296. The van der Waals surface area contributed by atoms with Crippen molar-refractivity contribution in [3.63, 3.8) is 0 Å². The minimum atomic E-state index is -1.66. The summed E-state index contributed by atoms with van der Waals surface area (Å²) in [4.78, 5) is 49.1. The van der Waals surface area contributed by atoms with Gasteiger partial charge in [-0.15, -0.1) is 11.3 Å². The summed E-state index contributed by atoms with van der Waals surface area (Å²) in [5, 5.41) is 6.54. The number of urea groups is 1. The highest BCUT2D eigenvalue weighted by atomic mass is 32.1. The Labute approximate surface area is 161 Å². The number of benzene rings is 1. The third kappa shape index (κ3) is 3.31. The number of imide groups is 1. The molecule has 8 nitrogen and oxygen atoms in total. The number of halogens is 2. The van der Waals surface area contributed by atoms with Gasteiger partial charge >= 0.3 is 6.03 Å². The molecule has 3 rings (SSSR count). The standard InChI is InChI=1S/C17H14F2N4O4S/c1-17(8-2-3-10(18)11(19)6-8)15(26)23(16(27)22-17)7-12(24)21-14-9(13(20)25)4-5-28-14/h2-6H,7H2,1H3,(H2,20,25)(H,21,24)(H,22,27).